The molecule has 4 aliphatic heterocycles. The van der Waals surface area contributed by atoms with E-state index in [9.17, 15) is 19.5 Å². The number of ether oxygens (including phenoxy) is 4. The fourth-order valence-electron chi connectivity index (χ4n) is 8.12. The lowest BCUT2D eigenvalue weighted by Gasteiger charge is -2.46. The van der Waals surface area contributed by atoms with Crippen LogP contribution in [0.15, 0.2) is 0 Å². The predicted molar refractivity (Wildman–Crippen MR) is 89.2 cm³/mol. The van der Waals surface area contributed by atoms with Gasteiger partial charge in [-0.2, -0.15) is 0 Å². The number of fused-ring (bicyclic) bond motifs is 1. The summed E-state index contributed by atoms with van der Waals surface area (Å²) < 4.78 is 23.3. The molecule has 0 aromatic rings. The molecule has 6 aliphatic rings. The highest BCUT2D eigenvalue weighted by Gasteiger charge is 2.98. The van der Waals surface area contributed by atoms with Gasteiger partial charge in [-0.1, -0.05) is 27.7 Å². The topological polar surface area (TPSA) is 108 Å². The third-order valence-electron chi connectivity index (χ3n) is 8.71. The molecule has 0 bridgehead atoms. The normalized spacial score (nSPS) is 58.2. The highest BCUT2D eigenvalue weighted by molar-refractivity contribution is 5.91. The first kappa shape index (κ1) is 17.2. The smallest absolute Gasteiger partial charge is 0.340 e. The molecule has 28 heavy (non-hydrogen) atoms. The number of esters is 3. The molecule has 2 spiro atoms. The average Bonchev–Trinajstić information content (AvgIpc) is 3.30. The van der Waals surface area contributed by atoms with E-state index in [1.54, 1.807) is 6.92 Å². The van der Waals surface area contributed by atoms with Crippen molar-refractivity contribution < 1.29 is 38.4 Å². The number of carbonyl (C=O) groups excluding carboxylic acids is 3. The van der Waals surface area contributed by atoms with Crippen molar-refractivity contribution in [3.05, 3.63) is 0 Å². The highest BCUT2D eigenvalue weighted by atomic mass is 16.7. The molecule has 0 aromatic carbocycles. The molecular weight excluding hydrogens is 368 g/mol. The number of hydrogen-bond acceptors (Lipinski definition) is 8. The summed E-state index contributed by atoms with van der Waals surface area (Å²) in [4.78, 5) is 38.0. The van der Waals surface area contributed by atoms with Gasteiger partial charge in [0.15, 0.2) is 5.60 Å². The van der Waals surface area contributed by atoms with Gasteiger partial charge in [0, 0.05) is 0 Å². The van der Waals surface area contributed by atoms with Crippen LogP contribution >= 0.6 is 0 Å². The molecule has 4 heterocycles. The molecule has 1 N–H and O–H groups in total. The molecular formula is C20H24O8. The summed E-state index contributed by atoms with van der Waals surface area (Å²) in [5, 5.41) is 11.6. The largest absolute Gasteiger partial charge is 0.459 e. The SMILES string of the molecule is C[C@@H]1C(=O)OC2C1C13O[C@@H]4OC(=O)CC45[C@H](C(C)(C)C)CC(OC1=O)C35[C@H]2O. The summed E-state index contributed by atoms with van der Waals surface area (Å²) in [5.41, 5.74) is -3.82. The number of carbonyl (C=O) groups is 3. The first-order valence-corrected chi connectivity index (χ1v) is 10.0. The van der Waals surface area contributed by atoms with Crippen LogP contribution in [0.5, 0.6) is 0 Å². The van der Waals surface area contributed by atoms with Crippen LogP contribution in [0.4, 0.5) is 0 Å². The third kappa shape index (κ3) is 1.32. The van der Waals surface area contributed by atoms with E-state index in [2.05, 4.69) is 20.8 Å². The maximum Gasteiger partial charge on any atom is 0.340 e. The van der Waals surface area contributed by atoms with Gasteiger partial charge in [0.05, 0.1) is 29.1 Å². The van der Waals surface area contributed by atoms with Crippen LogP contribution in [0.1, 0.15) is 40.5 Å². The van der Waals surface area contributed by atoms with Crippen molar-refractivity contribution in [1.82, 2.24) is 0 Å². The molecule has 8 nitrogen and oxygen atoms in total. The zero-order valence-electron chi connectivity index (χ0n) is 16.3. The second-order valence-corrected chi connectivity index (χ2v) is 10.5. The Morgan fingerprint density at radius 2 is 1.82 bits per heavy atom. The van der Waals surface area contributed by atoms with Crippen LogP contribution in [-0.2, 0) is 33.3 Å². The van der Waals surface area contributed by atoms with Crippen LogP contribution < -0.4 is 0 Å². The van der Waals surface area contributed by atoms with Gasteiger partial charge in [0.25, 0.3) is 0 Å². The van der Waals surface area contributed by atoms with Gasteiger partial charge in [0.1, 0.15) is 18.3 Å². The van der Waals surface area contributed by atoms with E-state index in [4.69, 9.17) is 18.9 Å². The zero-order chi connectivity index (χ0) is 20.0. The molecule has 6 fully saturated rings. The van der Waals surface area contributed by atoms with Crippen LogP contribution in [0.2, 0.25) is 0 Å². The van der Waals surface area contributed by atoms with Crippen LogP contribution in [0.3, 0.4) is 0 Å². The summed E-state index contributed by atoms with van der Waals surface area (Å²) >= 11 is 0. The molecule has 2 saturated carbocycles. The van der Waals surface area contributed by atoms with Crippen LogP contribution in [0.25, 0.3) is 0 Å². The van der Waals surface area contributed by atoms with E-state index in [-0.39, 0.29) is 17.8 Å². The van der Waals surface area contributed by atoms with Crippen LogP contribution in [0, 0.1) is 34.0 Å². The van der Waals surface area contributed by atoms with E-state index in [1.165, 1.54) is 0 Å². The second-order valence-electron chi connectivity index (χ2n) is 10.5. The lowest BCUT2D eigenvalue weighted by atomic mass is 9.52. The van der Waals surface area contributed by atoms with Crippen molar-refractivity contribution in [3.63, 3.8) is 0 Å². The van der Waals surface area contributed by atoms with E-state index >= 15 is 0 Å². The van der Waals surface area contributed by atoms with Gasteiger partial charge < -0.3 is 24.1 Å². The molecule has 6 unspecified atom stereocenters. The van der Waals surface area contributed by atoms with Crippen LogP contribution in [-0.4, -0.2) is 53.2 Å². The lowest BCUT2D eigenvalue weighted by Crippen LogP contribution is -2.59. The summed E-state index contributed by atoms with van der Waals surface area (Å²) in [6.07, 6.45) is -2.95. The molecule has 0 radical (unpaired) electrons. The Morgan fingerprint density at radius 3 is 2.50 bits per heavy atom. The molecule has 10 atom stereocenters. The second kappa shape index (κ2) is 4.41. The van der Waals surface area contributed by atoms with Crippen molar-refractivity contribution >= 4 is 17.9 Å². The molecule has 6 rings (SSSR count). The maximum absolute atomic E-state index is 13.3. The monoisotopic (exact) mass is 392 g/mol. The van der Waals surface area contributed by atoms with Gasteiger partial charge >= 0.3 is 17.9 Å². The third-order valence-corrected chi connectivity index (χ3v) is 8.71. The van der Waals surface area contributed by atoms with Crippen molar-refractivity contribution in [2.75, 3.05) is 0 Å². The van der Waals surface area contributed by atoms with Crippen molar-refractivity contribution in [3.8, 4) is 0 Å². The summed E-state index contributed by atoms with van der Waals surface area (Å²) in [6.45, 7) is 7.93. The fourth-order valence-corrected chi connectivity index (χ4v) is 8.12. The van der Waals surface area contributed by atoms with E-state index < -0.39 is 70.8 Å². The number of hydrogen-bond donors (Lipinski definition) is 1. The molecule has 8 heteroatoms. The Morgan fingerprint density at radius 1 is 1.11 bits per heavy atom. The Kier molecular flexibility index (Phi) is 2.71. The quantitative estimate of drug-likeness (QED) is 0.470. The fraction of sp³-hybridized carbons (Fsp3) is 0.850. The Hall–Kier alpha value is -1.67. The van der Waals surface area contributed by atoms with Crippen molar-refractivity contribution in [1.29, 1.82) is 0 Å². The minimum atomic E-state index is -1.53. The summed E-state index contributed by atoms with van der Waals surface area (Å²) in [7, 11) is 0. The highest BCUT2D eigenvalue weighted by Crippen LogP contribution is 2.83. The number of aliphatic hydroxyl groups excluding tert-OH is 1. The van der Waals surface area contributed by atoms with Gasteiger partial charge in [-0.15, -0.1) is 0 Å². The first-order valence-electron chi connectivity index (χ1n) is 10.0. The zero-order valence-corrected chi connectivity index (χ0v) is 16.3. The minimum absolute atomic E-state index is 0.0628. The van der Waals surface area contributed by atoms with Crippen molar-refractivity contribution in [2.24, 2.45) is 34.0 Å². The first-order chi connectivity index (χ1) is 13.0. The van der Waals surface area contributed by atoms with Gasteiger partial charge in [-0.05, 0) is 17.8 Å². The molecule has 2 aliphatic carbocycles. The van der Waals surface area contributed by atoms with Gasteiger partial charge in [-0.25, -0.2) is 4.79 Å². The van der Waals surface area contributed by atoms with Crippen molar-refractivity contribution in [2.45, 2.75) is 70.7 Å². The Balaban J connectivity index is 1.66. The van der Waals surface area contributed by atoms with Gasteiger partial charge in [0.2, 0.25) is 6.29 Å². The molecule has 4 saturated heterocycles. The van der Waals surface area contributed by atoms with E-state index in [0.29, 0.717) is 6.42 Å². The number of aliphatic hydroxyl groups is 1. The summed E-state index contributed by atoms with van der Waals surface area (Å²) in [6, 6.07) is 0. The Labute approximate surface area is 161 Å². The van der Waals surface area contributed by atoms with Gasteiger partial charge in [-0.3, -0.25) is 9.59 Å². The van der Waals surface area contributed by atoms with E-state index in [1.807, 2.05) is 0 Å². The molecule has 0 amide bonds. The predicted octanol–water partition coefficient (Wildman–Crippen LogP) is 0.545. The average molecular weight is 392 g/mol. The molecule has 0 aromatic heterocycles. The van der Waals surface area contributed by atoms with E-state index in [0.717, 1.165) is 0 Å². The standard InChI is InChI=1S/C20H24O8/c1-7-11-12(27-14(7)23)13(22)19-9-5-8(17(2,3)4)18(19)6-10(21)26-16(18)28-20(11,19)15(24)25-9/h7-9,11-13,16,22H,5-6H2,1-4H3/t7-,8-,9?,11?,12?,13-,16-,18?,19?,20?/m0/s1. The lowest BCUT2D eigenvalue weighted by molar-refractivity contribution is -0.207. The maximum atomic E-state index is 13.3. The molecule has 152 valence electrons. The Bertz CT molecular complexity index is 846. The minimum Gasteiger partial charge on any atom is -0.459 e. The summed E-state index contributed by atoms with van der Waals surface area (Å²) in [5.74, 6) is -2.76. The number of rotatable bonds is 0.